The number of rotatable bonds is 7. The lowest BCUT2D eigenvalue weighted by atomic mass is 9.94. The van der Waals surface area contributed by atoms with Crippen molar-refractivity contribution in [3.8, 4) is 0 Å². The highest BCUT2D eigenvalue weighted by molar-refractivity contribution is 4.74. The molecule has 2 heteroatoms. The van der Waals surface area contributed by atoms with E-state index < -0.39 is 0 Å². The van der Waals surface area contributed by atoms with Crippen LogP contribution in [-0.4, -0.2) is 19.3 Å². The van der Waals surface area contributed by atoms with Gasteiger partial charge in [0.1, 0.15) is 0 Å². The number of hydrogen-bond acceptors (Lipinski definition) is 2. The molecule has 0 aromatic rings. The summed E-state index contributed by atoms with van der Waals surface area (Å²) in [6.07, 6.45) is 4.85. The molecular weight excluding hydrogens is 162 g/mol. The number of hydrogen-bond donors (Lipinski definition) is 1. The lowest BCUT2D eigenvalue weighted by Gasteiger charge is -2.23. The largest absolute Gasteiger partial charge is 0.380 e. The molecule has 0 spiro atoms. The van der Waals surface area contributed by atoms with Gasteiger partial charge in [-0.2, -0.15) is 0 Å². The first-order chi connectivity index (χ1) is 6.15. The second kappa shape index (κ2) is 7.34. The second-order valence-corrected chi connectivity index (χ2v) is 3.98. The highest BCUT2D eigenvalue weighted by Crippen LogP contribution is 2.15. The van der Waals surface area contributed by atoms with Crippen molar-refractivity contribution in [2.75, 3.05) is 7.11 Å². The van der Waals surface area contributed by atoms with Gasteiger partial charge in [-0.05, 0) is 18.8 Å². The zero-order chi connectivity index (χ0) is 10.3. The van der Waals surface area contributed by atoms with Gasteiger partial charge in [0.05, 0.1) is 6.10 Å². The number of ether oxygens (including phenoxy) is 1. The molecule has 0 bridgehead atoms. The molecule has 0 saturated carbocycles. The topological polar surface area (TPSA) is 35.2 Å². The first-order valence-electron chi connectivity index (χ1n) is 5.44. The fourth-order valence-electron chi connectivity index (χ4n) is 1.87. The van der Waals surface area contributed by atoms with Crippen LogP contribution in [0.3, 0.4) is 0 Å². The molecule has 0 aromatic carbocycles. The maximum Gasteiger partial charge on any atom is 0.0719 e. The van der Waals surface area contributed by atoms with Crippen LogP contribution in [0.4, 0.5) is 0 Å². The molecule has 0 amide bonds. The molecular formula is C11H25NO. The van der Waals surface area contributed by atoms with Crippen LogP contribution < -0.4 is 5.73 Å². The van der Waals surface area contributed by atoms with Crippen LogP contribution >= 0.6 is 0 Å². The second-order valence-electron chi connectivity index (χ2n) is 3.98. The van der Waals surface area contributed by atoms with Crippen molar-refractivity contribution in [3.63, 3.8) is 0 Å². The van der Waals surface area contributed by atoms with Crippen LogP contribution in [0.25, 0.3) is 0 Å². The van der Waals surface area contributed by atoms with Crippen LogP contribution in [0.5, 0.6) is 0 Å². The molecule has 3 atom stereocenters. The molecule has 0 radical (unpaired) electrons. The van der Waals surface area contributed by atoms with E-state index in [0.29, 0.717) is 0 Å². The fourth-order valence-corrected chi connectivity index (χ4v) is 1.87. The van der Waals surface area contributed by atoms with Crippen molar-refractivity contribution in [1.82, 2.24) is 0 Å². The Kier molecular flexibility index (Phi) is 7.29. The summed E-state index contributed by atoms with van der Waals surface area (Å²) in [5.41, 5.74) is 6.05. The van der Waals surface area contributed by atoms with Crippen LogP contribution in [0, 0.1) is 5.92 Å². The molecule has 0 aliphatic rings. The predicted molar refractivity (Wildman–Crippen MR) is 57.8 cm³/mol. The monoisotopic (exact) mass is 187 g/mol. The molecule has 0 aliphatic carbocycles. The van der Waals surface area contributed by atoms with E-state index in [1.807, 2.05) is 0 Å². The van der Waals surface area contributed by atoms with Crippen molar-refractivity contribution >= 4 is 0 Å². The van der Waals surface area contributed by atoms with Gasteiger partial charge >= 0.3 is 0 Å². The van der Waals surface area contributed by atoms with Crippen molar-refractivity contribution in [3.05, 3.63) is 0 Å². The average Bonchev–Trinajstić information content (AvgIpc) is 2.06. The summed E-state index contributed by atoms with van der Waals surface area (Å²) in [6, 6.07) is 0.205. The highest BCUT2D eigenvalue weighted by Gasteiger charge is 2.17. The fraction of sp³-hybridized carbons (Fsp3) is 1.00. The van der Waals surface area contributed by atoms with Gasteiger partial charge in [0.25, 0.3) is 0 Å². The van der Waals surface area contributed by atoms with Crippen molar-refractivity contribution in [2.45, 2.75) is 58.6 Å². The highest BCUT2D eigenvalue weighted by atomic mass is 16.5. The van der Waals surface area contributed by atoms with Gasteiger partial charge in [-0.1, -0.05) is 33.6 Å². The minimum Gasteiger partial charge on any atom is -0.380 e. The Bertz CT molecular complexity index is 113. The number of methoxy groups -OCH3 is 1. The van der Waals surface area contributed by atoms with E-state index in [1.54, 1.807) is 7.11 Å². The molecule has 80 valence electrons. The molecule has 0 rings (SSSR count). The van der Waals surface area contributed by atoms with E-state index in [1.165, 1.54) is 12.8 Å². The van der Waals surface area contributed by atoms with E-state index in [0.717, 1.165) is 18.8 Å². The Hall–Kier alpha value is -0.0800. The summed E-state index contributed by atoms with van der Waals surface area (Å²) >= 11 is 0. The molecule has 0 heterocycles. The predicted octanol–water partition coefficient (Wildman–Crippen LogP) is 2.57. The lowest BCUT2D eigenvalue weighted by molar-refractivity contribution is 0.0699. The number of nitrogens with two attached hydrogens (primary N) is 1. The molecule has 0 aromatic heterocycles. The van der Waals surface area contributed by atoms with Gasteiger partial charge in [-0.15, -0.1) is 0 Å². The minimum atomic E-state index is 0.205. The average molecular weight is 187 g/mol. The zero-order valence-electron chi connectivity index (χ0n) is 9.55. The third-order valence-electron chi connectivity index (χ3n) is 2.64. The minimum absolute atomic E-state index is 0.205. The molecule has 0 fully saturated rings. The van der Waals surface area contributed by atoms with E-state index in [2.05, 4.69) is 20.8 Å². The SMILES string of the molecule is CCCC(C)CC(N)C(CC)OC. The van der Waals surface area contributed by atoms with E-state index in [9.17, 15) is 0 Å². The standard InChI is InChI=1S/C11H25NO/c1-5-7-9(3)8-10(12)11(6-2)13-4/h9-11H,5-8,12H2,1-4H3. The van der Waals surface area contributed by atoms with Crippen LogP contribution in [0.15, 0.2) is 0 Å². The van der Waals surface area contributed by atoms with Crippen LogP contribution in [0.2, 0.25) is 0 Å². The quantitative estimate of drug-likeness (QED) is 0.665. The molecule has 0 saturated heterocycles. The maximum atomic E-state index is 6.05. The summed E-state index contributed by atoms with van der Waals surface area (Å²) in [7, 11) is 1.75. The van der Waals surface area contributed by atoms with Crippen molar-refractivity contribution in [2.24, 2.45) is 11.7 Å². The van der Waals surface area contributed by atoms with Gasteiger partial charge in [-0.25, -0.2) is 0 Å². The Balaban J connectivity index is 3.75. The summed E-state index contributed by atoms with van der Waals surface area (Å²) in [5.74, 6) is 0.726. The molecule has 3 unspecified atom stereocenters. The van der Waals surface area contributed by atoms with E-state index in [4.69, 9.17) is 10.5 Å². The summed E-state index contributed by atoms with van der Waals surface area (Å²) in [4.78, 5) is 0. The lowest BCUT2D eigenvalue weighted by Crippen LogP contribution is -2.37. The Morgan fingerprint density at radius 1 is 1.31 bits per heavy atom. The van der Waals surface area contributed by atoms with Gasteiger partial charge in [0.2, 0.25) is 0 Å². The normalized spacial score (nSPS) is 18.2. The van der Waals surface area contributed by atoms with Crippen molar-refractivity contribution < 1.29 is 4.74 Å². The van der Waals surface area contributed by atoms with Crippen LogP contribution in [-0.2, 0) is 4.74 Å². The smallest absolute Gasteiger partial charge is 0.0719 e. The Labute approximate surface area is 82.8 Å². The Morgan fingerprint density at radius 3 is 2.31 bits per heavy atom. The molecule has 2 N–H and O–H groups in total. The third-order valence-corrected chi connectivity index (χ3v) is 2.64. The van der Waals surface area contributed by atoms with Gasteiger partial charge in [-0.3, -0.25) is 0 Å². The summed E-state index contributed by atoms with van der Waals surface area (Å²) in [6.45, 7) is 6.61. The van der Waals surface area contributed by atoms with Gasteiger partial charge in [0.15, 0.2) is 0 Å². The van der Waals surface area contributed by atoms with Gasteiger partial charge in [0, 0.05) is 13.2 Å². The maximum absolute atomic E-state index is 6.05. The first kappa shape index (κ1) is 12.9. The molecule has 0 aliphatic heterocycles. The summed E-state index contributed by atoms with van der Waals surface area (Å²) in [5, 5.41) is 0. The third kappa shape index (κ3) is 5.27. The summed E-state index contributed by atoms with van der Waals surface area (Å²) < 4.78 is 5.32. The van der Waals surface area contributed by atoms with Crippen LogP contribution in [0.1, 0.15) is 46.5 Å². The van der Waals surface area contributed by atoms with Gasteiger partial charge < -0.3 is 10.5 Å². The van der Waals surface area contributed by atoms with E-state index in [-0.39, 0.29) is 12.1 Å². The van der Waals surface area contributed by atoms with E-state index >= 15 is 0 Å². The first-order valence-corrected chi connectivity index (χ1v) is 5.44. The zero-order valence-corrected chi connectivity index (χ0v) is 9.55. The molecule has 13 heavy (non-hydrogen) atoms. The Morgan fingerprint density at radius 2 is 1.92 bits per heavy atom. The molecule has 2 nitrogen and oxygen atoms in total. The van der Waals surface area contributed by atoms with Crippen molar-refractivity contribution in [1.29, 1.82) is 0 Å².